The van der Waals surface area contributed by atoms with Crippen LogP contribution in [0.15, 0.2) is 6.07 Å². The van der Waals surface area contributed by atoms with Gasteiger partial charge in [0.05, 0.1) is 4.92 Å². The zero-order valence-corrected chi connectivity index (χ0v) is 6.54. The van der Waals surface area contributed by atoms with Gasteiger partial charge in [-0.25, -0.2) is 4.39 Å². The molecule has 0 saturated carbocycles. The van der Waals surface area contributed by atoms with E-state index in [1.807, 2.05) is 0 Å². The van der Waals surface area contributed by atoms with Crippen LogP contribution in [-0.4, -0.2) is 10.0 Å². The third-order valence-electron chi connectivity index (χ3n) is 1.54. The van der Waals surface area contributed by atoms with Gasteiger partial charge in [0.25, 0.3) is 0 Å². The molecule has 1 N–H and O–H groups in total. The van der Waals surface area contributed by atoms with Crippen LogP contribution in [0.2, 0.25) is 0 Å². The fourth-order valence-electron chi connectivity index (χ4n) is 0.865. The highest BCUT2D eigenvalue weighted by molar-refractivity contribution is 5.49. The van der Waals surface area contributed by atoms with Crippen molar-refractivity contribution in [2.45, 2.75) is 6.92 Å². The Morgan fingerprint density at radius 2 is 2.00 bits per heavy atom. The summed E-state index contributed by atoms with van der Waals surface area (Å²) < 4.78 is 25.4. The van der Waals surface area contributed by atoms with Crippen LogP contribution in [-0.2, 0) is 0 Å². The molecule has 0 saturated heterocycles. The third kappa shape index (κ3) is 1.42. The van der Waals surface area contributed by atoms with E-state index < -0.39 is 28.0 Å². The first-order valence-electron chi connectivity index (χ1n) is 3.27. The number of aryl methyl sites for hydroxylation is 1. The van der Waals surface area contributed by atoms with Crippen molar-refractivity contribution in [1.29, 1.82) is 0 Å². The van der Waals surface area contributed by atoms with Crippen LogP contribution in [0.3, 0.4) is 0 Å². The Labute approximate surface area is 71.6 Å². The highest BCUT2D eigenvalue weighted by Crippen LogP contribution is 2.31. The third-order valence-corrected chi connectivity index (χ3v) is 1.54. The molecule has 0 aliphatic rings. The van der Waals surface area contributed by atoms with E-state index in [0.29, 0.717) is 0 Å². The highest BCUT2D eigenvalue weighted by Gasteiger charge is 2.22. The van der Waals surface area contributed by atoms with E-state index in [2.05, 4.69) is 0 Å². The predicted octanol–water partition coefficient (Wildman–Crippen LogP) is 1.89. The minimum atomic E-state index is -1.59. The summed E-state index contributed by atoms with van der Waals surface area (Å²) in [4.78, 5) is 9.21. The summed E-state index contributed by atoms with van der Waals surface area (Å²) >= 11 is 0. The van der Waals surface area contributed by atoms with Gasteiger partial charge in [-0.3, -0.25) is 10.1 Å². The number of phenols is 1. The van der Waals surface area contributed by atoms with E-state index in [4.69, 9.17) is 5.11 Å². The van der Waals surface area contributed by atoms with Crippen LogP contribution >= 0.6 is 0 Å². The SMILES string of the molecule is Cc1cc([N+](=O)[O-])c(O)c(F)c1F. The lowest BCUT2D eigenvalue weighted by Crippen LogP contribution is -1.96. The van der Waals surface area contributed by atoms with E-state index in [-0.39, 0.29) is 5.56 Å². The monoisotopic (exact) mass is 189 g/mol. The molecule has 6 heteroatoms. The number of aromatic hydroxyl groups is 1. The quantitative estimate of drug-likeness (QED) is 0.541. The number of halogens is 2. The number of nitro groups is 1. The van der Waals surface area contributed by atoms with Gasteiger partial charge in [0.2, 0.25) is 11.6 Å². The lowest BCUT2D eigenvalue weighted by Gasteiger charge is -2.01. The molecule has 0 radical (unpaired) electrons. The van der Waals surface area contributed by atoms with Gasteiger partial charge in [0.15, 0.2) is 5.82 Å². The molecule has 4 nitrogen and oxygen atoms in total. The Morgan fingerprint density at radius 1 is 1.46 bits per heavy atom. The fourth-order valence-corrected chi connectivity index (χ4v) is 0.865. The lowest BCUT2D eigenvalue weighted by molar-refractivity contribution is -0.386. The van der Waals surface area contributed by atoms with Crippen molar-refractivity contribution >= 4 is 5.69 Å². The van der Waals surface area contributed by atoms with E-state index in [0.717, 1.165) is 6.07 Å². The maximum Gasteiger partial charge on any atom is 0.314 e. The molecule has 1 aromatic carbocycles. The molecule has 1 rings (SSSR count). The van der Waals surface area contributed by atoms with Crippen molar-refractivity contribution in [3.8, 4) is 5.75 Å². The second kappa shape index (κ2) is 2.96. The minimum absolute atomic E-state index is 0.220. The standard InChI is InChI=1S/C7H5F2NO3/c1-3-2-4(10(12)13)7(11)6(9)5(3)8/h2,11H,1H3. The van der Waals surface area contributed by atoms with Crippen molar-refractivity contribution in [2.24, 2.45) is 0 Å². The number of nitro benzene ring substituents is 1. The van der Waals surface area contributed by atoms with Gasteiger partial charge in [-0.15, -0.1) is 0 Å². The van der Waals surface area contributed by atoms with Gasteiger partial charge in [-0.2, -0.15) is 4.39 Å². The summed E-state index contributed by atoms with van der Waals surface area (Å²) in [7, 11) is 0. The van der Waals surface area contributed by atoms with E-state index >= 15 is 0 Å². The fraction of sp³-hybridized carbons (Fsp3) is 0.143. The first-order chi connectivity index (χ1) is 5.95. The number of hydrogen-bond donors (Lipinski definition) is 1. The van der Waals surface area contributed by atoms with E-state index in [1.54, 1.807) is 0 Å². The van der Waals surface area contributed by atoms with Crippen LogP contribution in [0.5, 0.6) is 5.75 Å². The molecule has 0 spiro atoms. The summed E-state index contributed by atoms with van der Waals surface area (Å²) in [6, 6.07) is 0.772. The van der Waals surface area contributed by atoms with Crippen LogP contribution in [0.4, 0.5) is 14.5 Å². The molecule has 0 atom stereocenters. The molecule has 70 valence electrons. The maximum absolute atomic E-state index is 12.7. The van der Waals surface area contributed by atoms with Crippen molar-refractivity contribution in [3.63, 3.8) is 0 Å². The largest absolute Gasteiger partial charge is 0.500 e. The smallest absolute Gasteiger partial charge is 0.314 e. The summed E-state index contributed by atoms with van der Waals surface area (Å²) in [5, 5.41) is 19.0. The van der Waals surface area contributed by atoms with Crippen LogP contribution in [0, 0.1) is 28.7 Å². The van der Waals surface area contributed by atoms with Crippen molar-refractivity contribution in [1.82, 2.24) is 0 Å². The summed E-state index contributed by atoms with van der Waals surface area (Å²) in [6.07, 6.45) is 0. The molecule has 0 aromatic heterocycles. The molecular formula is C7H5F2NO3. The number of hydrogen-bond acceptors (Lipinski definition) is 3. The zero-order valence-electron chi connectivity index (χ0n) is 6.54. The first kappa shape index (κ1) is 9.37. The Balaban J connectivity index is 3.50. The molecule has 0 amide bonds. The maximum atomic E-state index is 12.7. The number of phenolic OH excluding ortho intramolecular Hbond substituents is 1. The summed E-state index contributed by atoms with van der Waals surface area (Å²) in [6.45, 7) is 1.17. The Hall–Kier alpha value is -1.72. The molecule has 13 heavy (non-hydrogen) atoms. The summed E-state index contributed by atoms with van der Waals surface area (Å²) in [5.41, 5.74) is -1.06. The lowest BCUT2D eigenvalue weighted by atomic mass is 10.2. The normalized spacial score (nSPS) is 10.1. The molecule has 1 aromatic rings. The molecule has 0 heterocycles. The molecule has 0 aliphatic carbocycles. The second-order valence-corrected chi connectivity index (χ2v) is 2.45. The van der Waals surface area contributed by atoms with Gasteiger partial charge in [-0.1, -0.05) is 0 Å². The Bertz CT molecular complexity index is 378. The number of rotatable bonds is 1. The van der Waals surface area contributed by atoms with Gasteiger partial charge >= 0.3 is 5.69 Å². The van der Waals surface area contributed by atoms with Gasteiger partial charge < -0.3 is 5.11 Å². The number of nitrogens with zero attached hydrogens (tertiary/aromatic N) is 1. The Kier molecular flexibility index (Phi) is 2.14. The van der Waals surface area contributed by atoms with E-state index in [1.165, 1.54) is 6.92 Å². The van der Waals surface area contributed by atoms with Crippen molar-refractivity contribution in [2.75, 3.05) is 0 Å². The molecule has 0 aliphatic heterocycles. The van der Waals surface area contributed by atoms with Gasteiger partial charge in [0, 0.05) is 6.07 Å². The Morgan fingerprint density at radius 3 is 2.46 bits per heavy atom. The van der Waals surface area contributed by atoms with Crippen LogP contribution < -0.4 is 0 Å². The van der Waals surface area contributed by atoms with Crippen LogP contribution in [0.25, 0.3) is 0 Å². The first-order valence-corrected chi connectivity index (χ1v) is 3.27. The van der Waals surface area contributed by atoms with Crippen molar-refractivity contribution < 1.29 is 18.8 Å². The highest BCUT2D eigenvalue weighted by atomic mass is 19.2. The van der Waals surface area contributed by atoms with Gasteiger partial charge in [0.1, 0.15) is 0 Å². The average Bonchev–Trinajstić information content (AvgIpc) is 2.07. The van der Waals surface area contributed by atoms with E-state index in [9.17, 15) is 18.9 Å². The topological polar surface area (TPSA) is 63.4 Å². The van der Waals surface area contributed by atoms with Gasteiger partial charge in [-0.05, 0) is 12.5 Å². The van der Waals surface area contributed by atoms with Crippen molar-refractivity contribution in [3.05, 3.63) is 33.4 Å². The minimum Gasteiger partial charge on any atom is -0.500 e. The zero-order chi connectivity index (χ0) is 10.2. The molecule has 0 unspecified atom stereocenters. The predicted molar refractivity (Wildman–Crippen MR) is 39.4 cm³/mol. The second-order valence-electron chi connectivity index (χ2n) is 2.45. The summed E-state index contributed by atoms with van der Waals surface area (Å²) in [5.74, 6) is -4.14. The average molecular weight is 189 g/mol. The number of benzene rings is 1. The molecule has 0 fully saturated rings. The molecule has 0 bridgehead atoms. The molecular weight excluding hydrogens is 184 g/mol. The van der Waals surface area contributed by atoms with Crippen LogP contribution in [0.1, 0.15) is 5.56 Å².